The van der Waals surface area contributed by atoms with Crippen LogP contribution >= 0.6 is 0 Å². The lowest BCUT2D eigenvalue weighted by molar-refractivity contribution is 0.721. The van der Waals surface area contributed by atoms with Crippen LogP contribution in [0.5, 0.6) is 0 Å². The number of anilines is 1. The highest BCUT2D eigenvalue weighted by Crippen LogP contribution is 2.18. The standard InChI is InChI=1S/C15H23N3/c1-3-14-10-13(12-16-4-2)11-15(17-14)18-8-6-5-7-9-18/h5-6,10-11,16H,3-4,7-9,12H2,1-2H3. The summed E-state index contributed by atoms with van der Waals surface area (Å²) < 4.78 is 0. The van der Waals surface area contributed by atoms with Gasteiger partial charge in [0.2, 0.25) is 0 Å². The summed E-state index contributed by atoms with van der Waals surface area (Å²) in [6.45, 7) is 8.31. The van der Waals surface area contributed by atoms with Crippen LogP contribution in [0.4, 0.5) is 5.82 Å². The minimum absolute atomic E-state index is 0.933. The molecule has 0 fully saturated rings. The van der Waals surface area contributed by atoms with E-state index in [0.717, 1.165) is 44.8 Å². The molecule has 0 spiro atoms. The van der Waals surface area contributed by atoms with Gasteiger partial charge in [-0.3, -0.25) is 0 Å². The first-order valence-corrected chi connectivity index (χ1v) is 6.94. The third-order valence-corrected chi connectivity index (χ3v) is 3.25. The summed E-state index contributed by atoms with van der Waals surface area (Å²) in [7, 11) is 0. The molecular formula is C15H23N3. The van der Waals surface area contributed by atoms with Gasteiger partial charge in [0.05, 0.1) is 0 Å². The fourth-order valence-electron chi connectivity index (χ4n) is 2.20. The Bertz CT molecular complexity index is 412. The Balaban J connectivity index is 2.19. The molecule has 0 amide bonds. The Kier molecular flexibility index (Phi) is 4.76. The molecule has 3 heteroatoms. The van der Waals surface area contributed by atoms with Crippen molar-refractivity contribution in [2.75, 3.05) is 24.5 Å². The van der Waals surface area contributed by atoms with Crippen LogP contribution in [0.2, 0.25) is 0 Å². The van der Waals surface area contributed by atoms with Gasteiger partial charge in [-0.15, -0.1) is 0 Å². The topological polar surface area (TPSA) is 28.2 Å². The van der Waals surface area contributed by atoms with E-state index in [-0.39, 0.29) is 0 Å². The molecule has 18 heavy (non-hydrogen) atoms. The monoisotopic (exact) mass is 245 g/mol. The fraction of sp³-hybridized carbons (Fsp3) is 0.533. The Hall–Kier alpha value is -1.35. The van der Waals surface area contributed by atoms with Crippen LogP contribution < -0.4 is 10.2 Å². The second kappa shape index (κ2) is 6.55. The second-order valence-corrected chi connectivity index (χ2v) is 4.66. The number of aryl methyl sites for hydroxylation is 1. The molecule has 98 valence electrons. The van der Waals surface area contributed by atoms with Crippen molar-refractivity contribution in [3.8, 4) is 0 Å². The summed E-state index contributed by atoms with van der Waals surface area (Å²) in [6, 6.07) is 4.44. The predicted octanol–water partition coefficient (Wildman–Crippen LogP) is 2.52. The van der Waals surface area contributed by atoms with Gasteiger partial charge in [-0.1, -0.05) is 26.0 Å². The number of hydrogen-bond acceptors (Lipinski definition) is 3. The number of aromatic nitrogens is 1. The van der Waals surface area contributed by atoms with E-state index in [1.54, 1.807) is 0 Å². The van der Waals surface area contributed by atoms with Crippen LogP contribution in [0.3, 0.4) is 0 Å². The molecule has 0 saturated heterocycles. The molecule has 2 rings (SSSR count). The summed E-state index contributed by atoms with van der Waals surface area (Å²) in [5, 5.41) is 3.39. The van der Waals surface area contributed by atoms with Gasteiger partial charge in [0.25, 0.3) is 0 Å². The molecular weight excluding hydrogens is 222 g/mol. The van der Waals surface area contributed by atoms with E-state index in [4.69, 9.17) is 4.98 Å². The predicted molar refractivity (Wildman–Crippen MR) is 77.0 cm³/mol. The molecule has 1 aromatic rings. The summed E-state index contributed by atoms with van der Waals surface area (Å²) in [6.07, 6.45) is 6.60. The lowest BCUT2D eigenvalue weighted by atomic mass is 10.1. The lowest BCUT2D eigenvalue weighted by Crippen LogP contribution is -2.28. The van der Waals surface area contributed by atoms with Crippen LogP contribution in [-0.2, 0) is 13.0 Å². The van der Waals surface area contributed by atoms with E-state index in [1.165, 1.54) is 11.3 Å². The Morgan fingerprint density at radius 1 is 1.28 bits per heavy atom. The van der Waals surface area contributed by atoms with Gasteiger partial charge in [0, 0.05) is 25.3 Å². The Morgan fingerprint density at radius 2 is 2.17 bits per heavy atom. The van der Waals surface area contributed by atoms with Gasteiger partial charge in [-0.2, -0.15) is 0 Å². The molecule has 1 aliphatic rings. The molecule has 0 unspecified atom stereocenters. The zero-order valence-corrected chi connectivity index (χ0v) is 11.4. The largest absolute Gasteiger partial charge is 0.353 e. The first kappa shape index (κ1) is 13.1. The van der Waals surface area contributed by atoms with Crippen molar-refractivity contribution in [1.29, 1.82) is 0 Å². The van der Waals surface area contributed by atoms with Crippen molar-refractivity contribution in [1.82, 2.24) is 10.3 Å². The minimum Gasteiger partial charge on any atom is -0.353 e. The molecule has 2 heterocycles. The van der Waals surface area contributed by atoms with E-state index in [1.807, 2.05) is 0 Å². The van der Waals surface area contributed by atoms with Gasteiger partial charge < -0.3 is 10.2 Å². The van der Waals surface area contributed by atoms with Crippen LogP contribution in [0, 0.1) is 0 Å². The molecule has 0 aromatic carbocycles. The SMILES string of the molecule is CCNCc1cc(CC)nc(N2CC=CCC2)c1. The quantitative estimate of drug-likeness (QED) is 0.808. The Labute approximate surface area is 110 Å². The van der Waals surface area contributed by atoms with Crippen molar-refractivity contribution in [2.45, 2.75) is 33.2 Å². The van der Waals surface area contributed by atoms with Gasteiger partial charge in [-0.25, -0.2) is 4.98 Å². The summed E-state index contributed by atoms with van der Waals surface area (Å²) in [5.74, 6) is 1.13. The number of rotatable bonds is 5. The molecule has 0 bridgehead atoms. The highest BCUT2D eigenvalue weighted by atomic mass is 15.2. The van der Waals surface area contributed by atoms with Crippen molar-refractivity contribution in [3.05, 3.63) is 35.5 Å². The molecule has 1 aliphatic heterocycles. The molecule has 0 saturated carbocycles. The Morgan fingerprint density at radius 3 is 2.83 bits per heavy atom. The third kappa shape index (κ3) is 3.33. The van der Waals surface area contributed by atoms with Gasteiger partial charge in [-0.05, 0) is 37.1 Å². The smallest absolute Gasteiger partial charge is 0.129 e. The first-order chi connectivity index (χ1) is 8.83. The maximum atomic E-state index is 4.75. The zero-order valence-electron chi connectivity index (χ0n) is 11.4. The lowest BCUT2D eigenvalue weighted by Gasteiger charge is -2.25. The van der Waals surface area contributed by atoms with Gasteiger partial charge in [0.1, 0.15) is 5.82 Å². The van der Waals surface area contributed by atoms with Crippen molar-refractivity contribution >= 4 is 5.82 Å². The number of nitrogens with zero attached hydrogens (tertiary/aromatic N) is 2. The first-order valence-electron chi connectivity index (χ1n) is 6.94. The molecule has 3 nitrogen and oxygen atoms in total. The van der Waals surface area contributed by atoms with Crippen LogP contribution in [0.25, 0.3) is 0 Å². The third-order valence-electron chi connectivity index (χ3n) is 3.25. The zero-order chi connectivity index (χ0) is 12.8. The molecule has 1 aromatic heterocycles. The van der Waals surface area contributed by atoms with E-state index < -0.39 is 0 Å². The number of pyridine rings is 1. The number of nitrogens with one attached hydrogen (secondary N) is 1. The molecule has 0 radical (unpaired) electrons. The van der Waals surface area contributed by atoms with E-state index in [9.17, 15) is 0 Å². The average Bonchev–Trinajstić information content (AvgIpc) is 2.45. The molecule has 0 atom stereocenters. The number of hydrogen-bond donors (Lipinski definition) is 1. The summed E-state index contributed by atoms with van der Waals surface area (Å²) >= 11 is 0. The average molecular weight is 245 g/mol. The normalized spacial score (nSPS) is 15.1. The highest BCUT2D eigenvalue weighted by Gasteiger charge is 2.10. The molecule has 0 aliphatic carbocycles. The fourth-order valence-corrected chi connectivity index (χ4v) is 2.20. The summed E-state index contributed by atoms with van der Waals surface area (Å²) in [5.41, 5.74) is 2.53. The summed E-state index contributed by atoms with van der Waals surface area (Å²) in [4.78, 5) is 7.10. The van der Waals surface area contributed by atoms with Crippen LogP contribution in [0.1, 0.15) is 31.5 Å². The van der Waals surface area contributed by atoms with Crippen LogP contribution in [0.15, 0.2) is 24.3 Å². The van der Waals surface area contributed by atoms with Crippen LogP contribution in [-0.4, -0.2) is 24.6 Å². The highest BCUT2D eigenvalue weighted by molar-refractivity contribution is 5.44. The van der Waals surface area contributed by atoms with E-state index in [2.05, 4.69) is 48.3 Å². The van der Waals surface area contributed by atoms with Crippen molar-refractivity contribution < 1.29 is 0 Å². The van der Waals surface area contributed by atoms with Gasteiger partial charge in [0.15, 0.2) is 0 Å². The second-order valence-electron chi connectivity index (χ2n) is 4.66. The van der Waals surface area contributed by atoms with Crippen molar-refractivity contribution in [3.63, 3.8) is 0 Å². The maximum Gasteiger partial charge on any atom is 0.129 e. The van der Waals surface area contributed by atoms with E-state index >= 15 is 0 Å². The maximum absolute atomic E-state index is 4.75. The van der Waals surface area contributed by atoms with Crippen molar-refractivity contribution in [2.24, 2.45) is 0 Å². The van der Waals surface area contributed by atoms with E-state index in [0.29, 0.717) is 0 Å². The van der Waals surface area contributed by atoms with Gasteiger partial charge >= 0.3 is 0 Å². The minimum atomic E-state index is 0.933. The molecule has 1 N–H and O–H groups in total.